The Morgan fingerprint density at radius 1 is 1.12 bits per heavy atom. The van der Waals surface area contributed by atoms with Crippen LogP contribution < -0.4 is 0 Å². The molecule has 17 heavy (non-hydrogen) atoms. The quantitative estimate of drug-likeness (QED) is 0.801. The number of hydrogen-bond donors (Lipinski definition) is 1. The number of hydrogen-bond acceptors (Lipinski definition) is 2. The van der Waals surface area contributed by atoms with Crippen LogP contribution in [0, 0.1) is 11.8 Å². The van der Waals surface area contributed by atoms with Crippen molar-refractivity contribution < 1.29 is 14.7 Å². The first-order valence-electron chi connectivity index (χ1n) is 5.89. The van der Waals surface area contributed by atoms with Gasteiger partial charge in [-0.25, -0.2) is 4.79 Å². The van der Waals surface area contributed by atoms with Crippen LogP contribution in [0.1, 0.15) is 27.7 Å². The van der Waals surface area contributed by atoms with Gasteiger partial charge in [-0.2, -0.15) is 0 Å². The average molecular weight is 244 g/mol. The molecule has 0 aliphatic carbocycles. The third kappa shape index (κ3) is 4.63. The summed E-state index contributed by atoms with van der Waals surface area (Å²) in [5, 5.41) is 8.80. The lowest BCUT2D eigenvalue weighted by molar-refractivity contribution is -0.141. The molecule has 0 fully saturated rings. The van der Waals surface area contributed by atoms with E-state index in [9.17, 15) is 9.59 Å². The molecule has 0 saturated carbocycles. The van der Waals surface area contributed by atoms with Crippen LogP contribution in [0.4, 0.5) is 4.79 Å². The topological polar surface area (TPSA) is 60.9 Å². The van der Waals surface area contributed by atoms with E-state index in [1.165, 1.54) is 4.90 Å². The molecule has 0 heterocycles. The van der Waals surface area contributed by atoms with Gasteiger partial charge in [-0.1, -0.05) is 20.8 Å². The number of rotatable bonds is 5. The molecule has 0 rings (SSSR count). The SMILES string of the molecule is CC(CN(C)C(=O)N(C)C(C)C(C)C)C(=O)O. The van der Waals surface area contributed by atoms with E-state index in [1.807, 2.05) is 20.8 Å². The lowest BCUT2D eigenvalue weighted by Gasteiger charge is -2.32. The summed E-state index contributed by atoms with van der Waals surface area (Å²) in [6.45, 7) is 7.90. The minimum absolute atomic E-state index is 0.130. The Hall–Kier alpha value is -1.26. The van der Waals surface area contributed by atoms with Crippen LogP contribution in [0.5, 0.6) is 0 Å². The van der Waals surface area contributed by atoms with Crippen molar-refractivity contribution in [3.05, 3.63) is 0 Å². The summed E-state index contributed by atoms with van der Waals surface area (Å²) in [6, 6.07) is -0.00983. The van der Waals surface area contributed by atoms with Gasteiger partial charge in [-0.3, -0.25) is 4.79 Å². The fourth-order valence-electron chi connectivity index (χ4n) is 1.46. The molecule has 5 heteroatoms. The summed E-state index contributed by atoms with van der Waals surface area (Å²) in [7, 11) is 3.38. The summed E-state index contributed by atoms with van der Waals surface area (Å²) >= 11 is 0. The second kappa shape index (κ2) is 6.47. The van der Waals surface area contributed by atoms with Crippen molar-refractivity contribution in [2.45, 2.75) is 33.7 Å². The number of carbonyl (C=O) groups is 2. The first-order valence-corrected chi connectivity index (χ1v) is 5.89. The number of carboxylic acid groups (broad SMARTS) is 1. The predicted molar refractivity (Wildman–Crippen MR) is 66.9 cm³/mol. The molecular formula is C12H24N2O3. The van der Waals surface area contributed by atoms with Crippen LogP contribution in [0.3, 0.4) is 0 Å². The monoisotopic (exact) mass is 244 g/mol. The second-order valence-electron chi connectivity index (χ2n) is 5.00. The Morgan fingerprint density at radius 2 is 1.59 bits per heavy atom. The van der Waals surface area contributed by atoms with E-state index in [4.69, 9.17) is 5.11 Å². The number of amides is 2. The van der Waals surface area contributed by atoms with Gasteiger partial charge in [0.1, 0.15) is 0 Å². The highest BCUT2D eigenvalue weighted by molar-refractivity contribution is 5.75. The third-order valence-electron chi connectivity index (χ3n) is 3.17. The Balaban J connectivity index is 4.44. The van der Waals surface area contributed by atoms with Crippen LogP contribution in [-0.4, -0.2) is 53.6 Å². The number of carbonyl (C=O) groups excluding carboxylic acids is 1. The molecule has 0 aromatic heterocycles. The minimum atomic E-state index is -0.885. The van der Waals surface area contributed by atoms with Gasteiger partial charge in [0.15, 0.2) is 0 Å². The normalized spacial score (nSPS) is 14.3. The Bertz CT molecular complexity index is 279. The number of carboxylic acids is 1. The van der Waals surface area contributed by atoms with Crippen LogP contribution in [0.15, 0.2) is 0 Å². The van der Waals surface area contributed by atoms with Crippen LogP contribution >= 0.6 is 0 Å². The smallest absolute Gasteiger partial charge is 0.319 e. The molecule has 0 spiro atoms. The molecule has 2 amide bonds. The summed E-state index contributed by atoms with van der Waals surface area (Å²) < 4.78 is 0. The first kappa shape index (κ1) is 15.7. The van der Waals surface area contributed by atoms with E-state index in [-0.39, 0.29) is 18.6 Å². The fourth-order valence-corrected chi connectivity index (χ4v) is 1.46. The molecule has 0 saturated heterocycles. The van der Waals surface area contributed by atoms with E-state index < -0.39 is 11.9 Å². The summed E-state index contributed by atoms with van der Waals surface area (Å²) in [4.78, 5) is 25.8. The highest BCUT2D eigenvalue weighted by Crippen LogP contribution is 2.11. The standard InChI is InChI=1S/C12H24N2O3/c1-8(2)10(4)14(6)12(17)13(5)7-9(3)11(15)16/h8-10H,7H2,1-6H3,(H,15,16). The van der Waals surface area contributed by atoms with E-state index in [1.54, 1.807) is 25.9 Å². The van der Waals surface area contributed by atoms with Gasteiger partial charge < -0.3 is 14.9 Å². The van der Waals surface area contributed by atoms with Gasteiger partial charge in [0.2, 0.25) is 0 Å². The molecule has 2 atom stereocenters. The van der Waals surface area contributed by atoms with Crippen molar-refractivity contribution in [2.24, 2.45) is 11.8 Å². The fraction of sp³-hybridized carbons (Fsp3) is 0.833. The Kier molecular flexibility index (Phi) is 5.99. The molecule has 0 aromatic rings. The molecule has 0 aliphatic rings. The van der Waals surface area contributed by atoms with Crippen molar-refractivity contribution >= 4 is 12.0 Å². The maximum atomic E-state index is 12.0. The summed E-state index contributed by atoms with van der Waals surface area (Å²) in [5.41, 5.74) is 0. The molecule has 1 N–H and O–H groups in total. The minimum Gasteiger partial charge on any atom is -0.481 e. The zero-order chi connectivity index (χ0) is 13.7. The first-order chi connectivity index (χ1) is 7.68. The molecule has 5 nitrogen and oxygen atoms in total. The van der Waals surface area contributed by atoms with Gasteiger partial charge in [-0.05, 0) is 12.8 Å². The Labute approximate surface area is 103 Å². The Morgan fingerprint density at radius 3 is 1.94 bits per heavy atom. The highest BCUT2D eigenvalue weighted by atomic mass is 16.4. The van der Waals surface area contributed by atoms with E-state index in [2.05, 4.69) is 0 Å². The van der Waals surface area contributed by atoms with Crippen LogP contribution in [-0.2, 0) is 4.79 Å². The summed E-state index contributed by atoms with van der Waals surface area (Å²) in [5.74, 6) is -1.06. The predicted octanol–water partition coefficient (Wildman–Crippen LogP) is 1.74. The zero-order valence-corrected chi connectivity index (χ0v) is 11.6. The van der Waals surface area contributed by atoms with Crippen molar-refractivity contribution in [1.82, 2.24) is 9.80 Å². The van der Waals surface area contributed by atoms with Gasteiger partial charge in [-0.15, -0.1) is 0 Å². The largest absolute Gasteiger partial charge is 0.481 e. The van der Waals surface area contributed by atoms with Crippen molar-refractivity contribution in [2.75, 3.05) is 20.6 Å². The van der Waals surface area contributed by atoms with Gasteiger partial charge in [0, 0.05) is 26.7 Å². The molecule has 2 unspecified atom stereocenters. The van der Waals surface area contributed by atoms with Crippen molar-refractivity contribution in [3.8, 4) is 0 Å². The average Bonchev–Trinajstić information content (AvgIpc) is 2.25. The van der Waals surface area contributed by atoms with Crippen LogP contribution in [0.25, 0.3) is 0 Å². The van der Waals surface area contributed by atoms with Crippen LogP contribution in [0.2, 0.25) is 0 Å². The lowest BCUT2D eigenvalue weighted by atomic mass is 10.1. The maximum absolute atomic E-state index is 12.0. The molecule has 100 valence electrons. The highest BCUT2D eigenvalue weighted by Gasteiger charge is 2.23. The molecule has 0 aromatic carbocycles. The number of aliphatic carboxylic acids is 1. The zero-order valence-electron chi connectivity index (χ0n) is 11.6. The molecule has 0 bridgehead atoms. The van der Waals surface area contributed by atoms with E-state index >= 15 is 0 Å². The van der Waals surface area contributed by atoms with Crippen molar-refractivity contribution in [3.63, 3.8) is 0 Å². The third-order valence-corrected chi connectivity index (χ3v) is 3.17. The molecule has 0 radical (unpaired) electrons. The molecule has 0 aliphatic heterocycles. The van der Waals surface area contributed by atoms with E-state index in [0.717, 1.165) is 0 Å². The number of urea groups is 1. The van der Waals surface area contributed by atoms with Gasteiger partial charge in [0.25, 0.3) is 0 Å². The van der Waals surface area contributed by atoms with E-state index in [0.29, 0.717) is 5.92 Å². The second-order valence-corrected chi connectivity index (χ2v) is 5.00. The van der Waals surface area contributed by atoms with Gasteiger partial charge in [0.05, 0.1) is 5.92 Å². The maximum Gasteiger partial charge on any atom is 0.319 e. The van der Waals surface area contributed by atoms with Gasteiger partial charge >= 0.3 is 12.0 Å². The lowest BCUT2D eigenvalue weighted by Crippen LogP contribution is -2.46. The number of nitrogens with zero attached hydrogens (tertiary/aromatic N) is 2. The molecular weight excluding hydrogens is 220 g/mol. The van der Waals surface area contributed by atoms with Crippen molar-refractivity contribution in [1.29, 1.82) is 0 Å². The summed E-state index contributed by atoms with van der Waals surface area (Å²) in [6.07, 6.45) is 0.